The number of aromatic nitrogens is 2. The Labute approximate surface area is 107 Å². The van der Waals surface area contributed by atoms with Crippen molar-refractivity contribution in [1.82, 2.24) is 14.7 Å². The number of likely N-dealkylation sites (tertiary alicyclic amines) is 1. The quantitative estimate of drug-likeness (QED) is 0.743. The molecule has 0 aromatic carbocycles. The lowest BCUT2D eigenvalue weighted by Crippen LogP contribution is -2.39. The number of anilines is 1. The van der Waals surface area contributed by atoms with Crippen LogP contribution in [0, 0.1) is 0 Å². The number of aliphatic hydroxyl groups excluding tert-OH is 1. The van der Waals surface area contributed by atoms with Crippen LogP contribution >= 0.6 is 0 Å². The van der Waals surface area contributed by atoms with Gasteiger partial charge in [0.15, 0.2) is 0 Å². The zero-order valence-corrected chi connectivity index (χ0v) is 10.7. The van der Waals surface area contributed by atoms with Crippen LogP contribution in [0.1, 0.15) is 12.8 Å². The fourth-order valence-corrected chi connectivity index (χ4v) is 2.26. The average molecular weight is 254 g/mol. The number of piperidine rings is 1. The largest absolute Gasteiger partial charge is 0.396 e. The molecular formula is C12H22N4O2. The van der Waals surface area contributed by atoms with Crippen LogP contribution in [0.25, 0.3) is 0 Å². The minimum absolute atomic E-state index is 0.112. The predicted molar refractivity (Wildman–Crippen MR) is 69.1 cm³/mol. The van der Waals surface area contributed by atoms with Crippen LogP contribution in [0.15, 0.2) is 12.4 Å². The van der Waals surface area contributed by atoms with Gasteiger partial charge in [-0.1, -0.05) is 0 Å². The number of ether oxygens (including phenoxy) is 1. The normalized spacial score (nSPS) is 18.3. The number of rotatable bonds is 6. The van der Waals surface area contributed by atoms with Crippen molar-refractivity contribution in [3.8, 4) is 0 Å². The molecule has 18 heavy (non-hydrogen) atoms. The third-order valence-electron chi connectivity index (χ3n) is 3.28. The fourth-order valence-electron chi connectivity index (χ4n) is 2.26. The van der Waals surface area contributed by atoms with E-state index in [-0.39, 0.29) is 6.61 Å². The van der Waals surface area contributed by atoms with E-state index in [4.69, 9.17) is 15.6 Å². The van der Waals surface area contributed by atoms with E-state index in [1.54, 1.807) is 6.20 Å². The van der Waals surface area contributed by atoms with Crippen LogP contribution in [0.4, 0.5) is 5.69 Å². The monoisotopic (exact) mass is 254 g/mol. The van der Waals surface area contributed by atoms with Gasteiger partial charge in [0, 0.05) is 25.8 Å². The molecule has 1 aliphatic heterocycles. The summed E-state index contributed by atoms with van der Waals surface area (Å²) >= 11 is 0. The highest BCUT2D eigenvalue weighted by molar-refractivity contribution is 5.30. The van der Waals surface area contributed by atoms with Crippen molar-refractivity contribution >= 4 is 5.69 Å². The highest BCUT2D eigenvalue weighted by atomic mass is 16.5. The van der Waals surface area contributed by atoms with Crippen LogP contribution in [0.3, 0.4) is 0 Å². The van der Waals surface area contributed by atoms with Crippen molar-refractivity contribution in [2.75, 3.05) is 38.6 Å². The van der Waals surface area contributed by atoms with E-state index < -0.39 is 0 Å². The second-order valence-electron chi connectivity index (χ2n) is 4.67. The van der Waals surface area contributed by atoms with E-state index in [0.29, 0.717) is 18.4 Å². The van der Waals surface area contributed by atoms with Crippen molar-refractivity contribution in [3.63, 3.8) is 0 Å². The molecule has 1 saturated heterocycles. The molecule has 3 N–H and O–H groups in total. The highest BCUT2D eigenvalue weighted by Crippen LogP contribution is 2.13. The minimum Gasteiger partial charge on any atom is -0.396 e. The third kappa shape index (κ3) is 3.97. The molecule has 6 heteroatoms. The summed E-state index contributed by atoms with van der Waals surface area (Å²) < 4.78 is 7.41. The molecule has 0 atom stereocenters. The first-order valence-electron chi connectivity index (χ1n) is 6.50. The first kappa shape index (κ1) is 13.3. The molecule has 0 unspecified atom stereocenters. The summed E-state index contributed by atoms with van der Waals surface area (Å²) in [6, 6.07) is 0. The Morgan fingerprint density at radius 1 is 1.39 bits per heavy atom. The Hall–Kier alpha value is -1.11. The van der Waals surface area contributed by atoms with Crippen molar-refractivity contribution < 1.29 is 9.84 Å². The van der Waals surface area contributed by atoms with Gasteiger partial charge in [-0.15, -0.1) is 0 Å². The zero-order chi connectivity index (χ0) is 12.8. The van der Waals surface area contributed by atoms with Crippen LogP contribution < -0.4 is 5.73 Å². The van der Waals surface area contributed by atoms with E-state index in [0.717, 1.165) is 39.0 Å². The van der Waals surface area contributed by atoms with Crippen LogP contribution in [0.2, 0.25) is 0 Å². The van der Waals surface area contributed by atoms with Gasteiger partial charge in [0.2, 0.25) is 0 Å². The molecule has 1 aliphatic rings. The molecule has 0 radical (unpaired) electrons. The number of nitrogens with zero attached hydrogens (tertiary/aromatic N) is 3. The van der Waals surface area contributed by atoms with E-state index in [9.17, 15) is 0 Å². The van der Waals surface area contributed by atoms with Crippen molar-refractivity contribution in [3.05, 3.63) is 12.4 Å². The van der Waals surface area contributed by atoms with Crippen molar-refractivity contribution in [2.24, 2.45) is 0 Å². The lowest BCUT2D eigenvalue weighted by molar-refractivity contribution is -0.00822. The first-order chi connectivity index (χ1) is 8.78. The van der Waals surface area contributed by atoms with Gasteiger partial charge in [0.1, 0.15) is 0 Å². The van der Waals surface area contributed by atoms with Crippen LogP contribution in [0.5, 0.6) is 0 Å². The maximum Gasteiger partial charge on any atom is 0.0719 e. The van der Waals surface area contributed by atoms with Gasteiger partial charge in [0.25, 0.3) is 0 Å². The molecule has 0 amide bonds. The second-order valence-corrected chi connectivity index (χ2v) is 4.67. The molecule has 0 aliphatic carbocycles. The van der Waals surface area contributed by atoms with Gasteiger partial charge in [0.05, 0.1) is 37.7 Å². The summed E-state index contributed by atoms with van der Waals surface area (Å²) in [6.45, 7) is 4.53. The van der Waals surface area contributed by atoms with Gasteiger partial charge in [-0.05, 0) is 12.8 Å². The lowest BCUT2D eigenvalue weighted by atomic mass is 10.1. The Morgan fingerprint density at radius 3 is 2.78 bits per heavy atom. The SMILES string of the molecule is Nc1cnn(CCN2CCC(OCCO)CC2)c1. The minimum atomic E-state index is 0.112. The summed E-state index contributed by atoms with van der Waals surface area (Å²) in [5, 5.41) is 12.9. The Balaban J connectivity index is 1.64. The van der Waals surface area contributed by atoms with E-state index in [2.05, 4.69) is 10.00 Å². The van der Waals surface area contributed by atoms with E-state index in [1.165, 1.54) is 0 Å². The number of hydrogen-bond donors (Lipinski definition) is 2. The molecule has 0 spiro atoms. The Bertz CT molecular complexity index is 348. The molecule has 0 saturated carbocycles. The summed E-state index contributed by atoms with van der Waals surface area (Å²) in [6.07, 6.45) is 5.93. The predicted octanol–water partition coefficient (Wildman–Crippen LogP) is -0.0614. The highest BCUT2D eigenvalue weighted by Gasteiger charge is 2.19. The lowest BCUT2D eigenvalue weighted by Gasteiger charge is -2.31. The third-order valence-corrected chi connectivity index (χ3v) is 3.28. The summed E-state index contributed by atoms with van der Waals surface area (Å²) in [5.41, 5.74) is 6.33. The fraction of sp³-hybridized carbons (Fsp3) is 0.750. The maximum atomic E-state index is 8.71. The van der Waals surface area contributed by atoms with Crippen LogP contribution in [-0.4, -0.2) is 58.7 Å². The molecular weight excluding hydrogens is 232 g/mol. The summed E-state index contributed by atoms with van der Waals surface area (Å²) in [5.74, 6) is 0. The Morgan fingerprint density at radius 2 is 2.17 bits per heavy atom. The standard InChI is InChI=1S/C12H22N4O2/c13-11-9-14-16(10-11)6-5-15-3-1-12(2-4-15)18-8-7-17/h9-10,12,17H,1-8,13H2. The van der Waals surface area contributed by atoms with Crippen LogP contribution in [-0.2, 0) is 11.3 Å². The zero-order valence-electron chi connectivity index (χ0n) is 10.7. The summed E-state index contributed by atoms with van der Waals surface area (Å²) in [7, 11) is 0. The van der Waals surface area contributed by atoms with Crippen molar-refractivity contribution in [2.45, 2.75) is 25.5 Å². The molecule has 0 bridgehead atoms. The smallest absolute Gasteiger partial charge is 0.0719 e. The topological polar surface area (TPSA) is 76.5 Å². The average Bonchev–Trinajstić information content (AvgIpc) is 2.81. The Kier molecular flexibility index (Phi) is 4.98. The molecule has 1 aromatic heterocycles. The number of nitrogens with two attached hydrogens (primary N) is 1. The number of hydrogen-bond acceptors (Lipinski definition) is 5. The van der Waals surface area contributed by atoms with Gasteiger partial charge >= 0.3 is 0 Å². The molecule has 2 rings (SSSR count). The molecule has 6 nitrogen and oxygen atoms in total. The van der Waals surface area contributed by atoms with Gasteiger partial charge < -0.3 is 20.5 Å². The van der Waals surface area contributed by atoms with E-state index >= 15 is 0 Å². The van der Waals surface area contributed by atoms with Gasteiger partial charge in [-0.25, -0.2) is 0 Å². The van der Waals surface area contributed by atoms with Gasteiger partial charge in [-0.2, -0.15) is 5.10 Å². The molecule has 102 valence electrons. The number of nitrogen functional groups attached to an aromatic ring is 1. The number of aliphatic hydroxyl groups is 1. The van der Waals surface area contributed by atoms with Crippen molar-refractivity contribution in [1.29, 1.82) is 0 Å². The van der Waals surface area contributed by atoms with E-state index in [1.807, 2.05) is 10.9 Å². The molecule has 2 heterocycles. The summed E-state index contributed by atoms with van der Waals surface area (Å²) in [4.78, 5) is 2.41. The second kappa shape index (κ2) is 6.72. The maximum absolute atomic E-state index is 8.71. The molecule has 1 aromatic rings. The molecule has 1 fully saturated rings. The van der Waals surface area contributed by atoms with Gasteiger partial charge in [-0.3, -0.25) is 4.68 Å². The first-order valence-corrected chi connectivity index (χ1v) is 6.50.